The lowest BCUT2D eigenvalue weighted by molar-refractivity contribution is -0.141. The summed E-state index contributed by atoms with van der Waals surface area (Å²) in [5.74, 6) is -1.49. The summed E-state index contributed by atoms with van der Waals surface area (Å²) in [6, 6.07) is 1.93. The van der Waals surface area contributed by atoms with Gasteiger partial charge < -0.3 is 15.0 Å². The number of carbonyl (C=O) groups excluding carboxylic acids is 1. The van der Waals surface area contributed by atoms with Crippen LogP contribution in [0.25, 0.3) is 0 Å². The van der Waals surface area contributed by atoms with Gasteiger partial charge in [-0.25, -0.2) is 0 Å². The van der Waals surface area contributed by atoms with Gasteiger partial charge in [-0.3, -0.25) is 14.4 Å². The van der Waals surface area contributed by atoms with Crippen molar-refractivity contribution in [3.63, 3.8) is 0 Å². The minimum atomic E-state index is -1.09. The number of amides is 1. The predicted octanol–water partition coefficient (Wildman–Crippen LogP) is 0.0544. The average molecular weight is 252 g/mol. The molecule has 0 radical (unpaired) electrons. The number of nitrogens with zero attached hydrogens (tertiary/aromatic N) is 1. The molecular formula is C12H16N2O4. The van der Waals surface area contributed by atoms with Crippen LogP contribution >= 0.6 is 0 Å². The van der Waals surface area contributed by atoms with Crippen LogP contribution in [0.15, 0.2) is 16.9 Å². The molecule has 0 fully saturated rings. The Kier molecular flexibility index (Phi) is 4.25. The molecule has 1 atom stereocenters. The van der Waals surface area contributed by atoms with Crippen LogP contribution in [-0.2, 0) is 16.1 Å². The highest BCUT2D eigenvalue weighted by atomic mass is 16.4. The van der Waals surface area contributed by atoms with Gasteiger partial charge in [0.1, 0.15) is 12.6 Å². The molecule has 1 aromatic rings. The van der Waals surface area contributed by atoms with E-state index in [1.807, 2.05) is 0 Å². The molecule has 1 unspecified atom stereocenters. The number of aromatic nitrogens is 1. The average Bonchev–Trinajstić information content (AvgIpc) is 2.23. The van der Waals surface area contributed by atoms with Crippen molar-refractivity contribution in [3.8, 4) is 0 Å². The van der Waals surface area contributed by atoms with E-state index in [0.717, 1.165) is 0 Å². The van der Waals surface area contributed by atoms with E-state index in [9.17, 15) is 14.4 Å². The van der Waals surface area contributed by atoms with Crippen LogP contribution in [0, 0.1) is 13.8 Å². The van der Waals surface area contributed by atoms with Crippen LogP contribution in [-0.4, -0.2) is 27.6 Å². The van der Waals surface area contributed by atoms with Crippen LogP contribution in [0.3, 0.4) is 0 Å². The Hall–Kier alpha value is -2.11. The first-order chi connectivity index (χ1) is 8.31. The molecule has 0 saturated carbocycles. The Balaban J connectivity index is 2.83. The zero-order valence-corrected chi connectivity index (χ0v) is 10.6. The molecule has 6 heteroatoms. The standard InChI is InChI=1S/C12H16N2O4/c1-7-4-10(15)5-8(2)14(7)6-11(16)13-9(3)12(17)18/h4-5,9H,6H2,1-3H3,(H,13,16)(H,17,18). The summed E-state index contributed by atoms with van der Waals surface area (Å²) in [5, 5.41) is 11.0. The maximum absolute atomic E-state index is 11.6. The second kappa shape index (κ2) is 5.48. The number of rotatable bonds is 4. The normalized spacial score (nSPS) is 11.9. The molecule has 98 valence electrons. The Morgan fingerprint density at radius 3 is 2.28 bits per heavy atom. The Morgan fingerprint density at radius 1 is 1.33 bits per heavy atom. The molecule has 0 aliphatic carbocycles. The van der Waals surface area contributed by atoms with Gasteiger partial charge >= 0.3 is 5.97 Å². The van der Waals surface area contributed by atoms with Crippen LogP contribution in [0.1, 0.15) is 18.3 Å². The van der Waals surface area contributed by atoms with Crippen molar-refractivity contribution in [1.82, 2.24) is 9.88 Å². The minimum Gasteiger partial charge on any atom is -0.480 e. The molecule has 18 heavy (non-hydrogen) atoms. The number of aliphatic carboxylic acids is 1. The van der Waals surface area contributed by atoms with Gasteiger partial charge in [0.2, 0.25) is 5.91 Å². The van der Waals surface area contributed by atoms with Crippen molar-refractivity contribution in [2.45, 2.75) is 33.4 Å². The number of hydrogen-bond acceptors (Lipinski definition) is 3. The molecular weight excluding hydrogens is 236 g/mol. The summed E-state index contributed by atoms with van der Waals surface area (Å²) in [6.07, 6.45) is 0. The van der Waals surface area contributed by atoms with Crippen LogP contribution in [0.5, 0.6) is 0 Å². The second-order valence-corrected chi connectivity index (χ2v) is 4.19. The molecule has 0 spiro atoms. The zero-order chi connectivity index (χ0) is 13.9. The fraction of sp³-hybridized carbons (Fsp3) is 0.417. The minimum absolute atomic E-state index is 0.00440. The lowest BCUT2D eigenvalue weighted by Crippen LogP contribution is -2.40. The Bertz CT molecular complexity index is 507. The zero-order valence-electron chi connectivity index (χ0n) is 10.6. The van der Waals surface area contributed by atoms with Gasteiger partial charge in [0.05, 0.1) is 0 Å². The molecule has 0 aliphatic rings. The van der Waals surface area contributed by atoms with Gasteiger partial charge in [-0.15, -0.1) is 0 Å². The highest BCUT2D eigenvalue weighted by Crippen LogP contribution is 2.01. The number of aryl methyl sites for hydroxylation is 2. The number of nitrogens with one attached hydrogen (secondary N) is 1. The third-order valence-electron chi connectivity index (χ3n) is 2.60. The lowest BCUT2D eigenvalue weighted by atomic mass is 10.2. The van der Waals surface area contributed by atoms with E-state index >= 15 is 0 Å². The largest absolute Gasteiger partial charge is 0.480 e. The van der Waals surface area contributed by atoms with Crippen molar-refractivity contribution in [2.75, 3.05) is 0 Å². The van der Waals surface area contributed by atoms with Crippen molar-refractivity contribution < 1.29 is 14.7 Å². The molecule has 1 rings (SSSR count). The van der Waals surface area contributed by atoms with E-state index in [4.69, 9.17) is 5.11 Å². The van der Waals surface area contributed by atoms with E-state index in [1.165, 1.54) is 19.1 Å². The third-order valence-corrected chi connectivity index (χ3v) is 2.60. The number of hydrogen-bond donors (Lipinski definition) is 2. The smallest absolute Gasteiger partial charge is 0.325 e. The number of pyridine rings is 1. The predicted molar refractivity (Wildman–Crippen MR) is 65.4 cm³/mol. The number of carbonyl (C=O) groups is 2. The lowest BCUT2D eigenvalue weighted by Gasteiger charge is -2.15. The molecule has 0 bridgehead atoms. The van der Waals surface area contributed by atoms with Gasteiger partial charge in [0.15, 0.2) is 5.43 Å². The molecule has 1 heterocycles. The first kappa shape index (κ1) is 14.0. The fourth-order valence-electron chi connectivity index (χ4n) is 1.63. The number of carboxylic acids is 1. The molecule has 0 aromatic carbocycles. The van der Waals surface area contributed by atoms with Crippen molar-refractivity contribution in [1.29, 1.82) is 0 Å². The molecule has 1 amide bonds. The highest BCUT2D eigenvalue weighted by molar-refractivity contribution is 5.83. The maximum atomic E-state index is 11.6. The first-order valence-corrected chi connectivity index (χ1v) is 5.51. The van der Waals surface area contributed by atoms with E-state index in [0.29, 0.717) is 11.4 Å². The monoisotopic (exact) mass is 252 g/mol. The summed E-state index contributed by atoms with van der Waals surface area (Å²) < 4.78 is 1.66. The third kappa shape index (κ3) is 3.44. The summed E-state index contributed by atoms with van der Waals surface area (Å²) in [7, 11) is 0. The number of carboxylic acid groups (broad SMARTS) is 1. The van der Waals surface area contributed by atoms with Gasteiger partial charge in [0.25, 0.3) is 0 Å². The maximum Gasteiger partial charge on any atom is 0.325 e. The topological polar surface area (TPSA) is 88.4 Å². The van der Waals surface area contributed by atoms with Gasteiger partial charge in [-0.2, -0.15) is 0 Å². The van der Waals surface area contributed by atoms with Crippen molar-refractivity contribution in [3.05, 3.63) is 33.7 Å². The van der Waals surface area contributed by atoms with E-state index in [2.05, 4.69) is 5.32 Å². The summed E-state index contributed by atoms with van der Waals surface area (Å²) >= 11 is 0. The van der Waals surface area contributed by atoms with Gasteiger partial charge in [-0.05, 0) is 20.8 Å². The molecule has 0 saturated heterocycles. The summed E-state index contributed by atoms with van der Waals surface area (Å²) in [4.78, 5) is 33.5. The quantitative estimate of drug-likeness (QED) is 0.792. The van der Waals surface area contributed by atoms with E-state index in [1.54, 1.807) is 18.4 Å². The van der Waals surface area contributed by atoms with E-state index in [-0.39, 0.29) is 12.0 Å². The fourth-order valence-corrected chi connectivity index (χ4v) is 1.63. The van der Waals surface area contributed by atoms with Crippen molar-refractivity contribution >= 4 is 11.9 Å². The first-order valence-electron chi connectivity index (χ1n) is 5.51. The van der Waals surface area contributed by atoms with Crippen molar-refractivity contribution in [2.24, 2.45) is 0 Å². The molecule has 1 aromatic heterocycles. The van der Waals surface area contributed by atoms with Gasteiger partial charge in [0, 0.05) is 23.5 Å². The molecule has 6 nitrogen and oxygen atoms in total. The van der Waals surface area contributed by atoms with Gasteiger partial charge in [-0.1, -0.05) is 0 Å². The Morgan fingerprint density at radius 2 is 1.83 bits per heavy atom. The second-order valence-electron chi connectivity index (χ2n) is 4.19. The SMILES string of the molecule is Cc1cc(=O)cc(C)n1CC(=O)NC(C)C(=O)O. The Labute approximate surface area is 104 Å². The van der Waals surface area contributed by atoms with Crippen LogP contribution in [0.2, 0.25) is 0 Å². The van der Waals surface area contributed by atoms with Crippen LogP contribution in [0.4, 0.5) is 0 Å². The van der Waals surface area contributed by atoms with Crippen LogP contribution < -0.4 is 10.7 Å². The summed E-state index contributed by atoms with van der Waals surface area (Å²) in [6.45, 7) is 4.84. The molecule has 0 aliphatic heterocycles. The summed E-state index contributed by atoms with van der Waals surface area (Å²) in [5.41, 5.74) is 1.22. The molecule has 2 N–H and O–H groups in total. The highest BCUT2D eigenvalue weighted by Gasteiger charge is 2.14. The van der Waals surface area contributed by atoms with E-state index < -0.39 is 17.9 Å².